The fraction of sp³-hybridized carbons (Fsp3) is 0.182. The van der Waals surface area contributed by atoms with Crippen LogP contribution in [0.3, 0.4) is 0 Å². The minimum atomic E-state index is -0.749. The van der Waals surface area contributed by atoms with E-state index in [1.54, 1.807) is 30.7 Å². The van der Waals surface area contributed by atoms with E-state index < -0.39 is 24.5 Å². The second kappa shape index (κ2) is 9.86. The quantitative estimate of drug-likeness (QED) is 0.564. The van der Waals surface area contributed by atoms with E-state index in [0.29, 0.717) is 16.4 Å². The summed E-state index contributed by atoms with van der Waals surface area (Å²) in [5, 5.41) is 6.89. The van der Waals surface area contributed by atoms with Crippen molar-refractivity contribution in [3.05, 3.63) is 64.7 Å². The van der Waals surface area contributed by atoms with Crippen molar-refractivity contribution in [2.75, 3.05) is 19.0 Å². The molecule has 3 aromatic rings. The number of urea groups is 1. The van der Waals surface area contributed by atoms with E-state index in [0.717, 1.165) is 16.7 Å². The van der Waals surface area contributed by atoms with Gasteiger partial charge >= 0.3 is 12.0 Å². The Labute approximate surface area is 183 Å². The fourth-order valence-electron chi connectivity index (χ4n) is 2.71. The first kappa shape index (κ1) is 22.0. The van der Waals surface area contributed by atoms with Crippen LogP contribution >= 0.6 is 11.3 Å². The van der Waals surface area contributed by atoms with Gasteiger partial charge in [-0.25, -0.2) is 14.6 Å². The van der Waals surface area contributed by atoms with Crippen LogP contribution in [0.4, 0.5) is 10.5 Å². The number of carbonyl (C=O) groups excluding carboxylic acids is 3. The zero-order chi connectivity index (χ0) is 22.4. The number of rotatable bonds is 6. The van der Waals surface area contributed by atoms with Crippen LogP contribution in [0, 0.1) is 13.8 Å². The van der Waals surface area contributed by atoms with Crippen molar-refractivity contribution in [2.45, 2.75) is 13.8 Å². The van der Waals surface area contributed by atoms with Crippen LogP contribution in [-0.2, 0) is 9.53 Å². The molecule has 8 nitrogen and oxygen atoms in total. The van der Waals surface area contributed by atoms with Gasteiger partial charge in [-0.3, -0.25) is 10.1 Å². The molecule has 0 unspecified atom stereocenters. The molecule has 0 aliphatic carbocycles. The second-order valence-corrected chi connectivity index (χ2v) is 7.52. The molecule has 0 spiro atoms. The third-order valence-corrected chi connectivity index (χ3v) is 5.16. The molecule has 0 saturated heterocycles. The highest BCUT2D eigenvalue weighted by Crippen LogP contribution is 2.26. The number of esters is 1. The average Bonchev–Trinajstić information content (AvgIpc) is 3.24. The number of carbonyl (C=O) groups is 3. The van der Waals surface area contributed by atoms with Gasteiger partial charge in [0.25, 0.3) is 5.91 Å². The maximum absolute atomic E-state index is 12.2. The first-order valence-corrected chi connectivity index (χ1v) is 10.2. The fourth-order valence-corrected chi connectivity index (χ4v) is 3.50. The smallest absolute Gasteiger partial charge is 0.358 e. The number of aromatic nitrogens is 1. The van der Waals surface area contributed by atoms with Crippen molar-refractivity contribution in [1.29, 1.82) is 0 Å². The van der Waals surface area contributed by atoms with E-state index in [1.165, 1.54) is 11.3 Å². The number of anilines is 1. The number of methoxy groups -OCH3 is 1. The van der Waals surface area contributed by atoms with Crippen molar-refractivity contribution >= 4 is 34.9 Å². The highest BCUT2D eigenvalue weighted by Gasteiger charge is 2.16. The minimum absolute atomic E-state index is 0.0864. The van der Waals surface area contributed by atoms with E-state index in [2.05, 4.69) is 15.6 Å². The van der Waals surface area contributed by atoms with Gasteiger partial charge in [-0.05, 0) is 49.7 Å². The van der Waals surface area contributed by atoms with Crippen LogP contribution in [0.5, 0.6) is 5.75 Å². The number of nitrogens with zero attached hydrogens (tertiary/aromatic N) is 1. The Morgan fingerprint density at radius 2 is 1.81 bits per heavy atom. The summed E-state index contributed by atoms with van der Waals surface area (Å²) < 4.78 is 10.1. The van der Waals surface area contributed by atoms with Crippen LogP contribution in [0.2, 0.25) is 0 Å². The number of benzene rings is 2. The van der Waals surface area contributed by atoms with Gasteiger partial charge in [-0.15, -0.1) is 11.3 Å². The van der Waals surface area contributed by atoms with Crippen molar-refractivity contribution in [3.8, 4) is 16.3 Å². The average molecular weight is 439 g/mol. The first-order valence-electron chi connectivity index (χ1n) is 9.31. The summed E-state index contributed by atoms with van der Waals surface area (Å²) in [5.41, 5.74) is 3.42. The van der Waals surface area contributed by atoms with E-state index in [-0.39, 0.29) is 5.69 Å². The van der Waals surface area contributed by atoms with Crippen molar-refractivity contribution in [3.63, 3.8) is 0 Å². The number of ether oxygens (including phenoxy) is 2. The predicted molar refractivity (Wildman–Crippen MR) is 117 cm³/mol. The Bertz CT molecular complexity index is 1110. The molecule has 0 fully saturated rings. The molecule has 2 aromatic carbocycles. The Kier molecular flexibility index (Phi) is 6.99. The predicted octanol–water partition coefficient (Wildman–Crippen LogP) is 3.94. The van der Waals surface area contributed by atoms with Gasteiger partial charge in [0, 0.05) is 16.6 Å². The molecule has 0 saturated carbocycles. The zero-order valence-electron chi connectivity index (χ0n) is 17.2. The van der Waals surface area contributed by atoms with Gasteiger partial charge in [0.2, 0.25) is 0 Å². The summed E-state index contributed by atoms with van der Waals surface area (Å²) in [6.45, 7) is 3.19. The molecule has 160 valence electrons. The van der Waals surface area contributed by atoms with Crippen molar-refractivity contribution < 1.29 is 23.9 Å². The maximum Gasteiger partial charge on any atom is 0.358 e. The van der Waals surface area contributed by atoms with Gasteiger partial charge in [0.1, 0.15) is 10.8 Å². The Morgan fingerprint density at radius 3 is 2.48 bits per heavy atom. The van der Waals surface area contributed by atoms with Crippen molar-refractivity contribution in [2.24, 2.45) is 0 Å². The summed E-state index contributed by atoms with van der Waals surface area (Å²) in [4.78, 5) is 40.3. The minimum Gasteiger partial charge on any atom is -0.497 e. The molecule has 2 N–H and O–H groups in total. The molecule has 3 amide bonds. The summed E-state index contributed by atoms with van der Waals surface area (Å²) in [5.74, 6) is -0.783. The lowest BCUT2D eigenvalue weighted by atomic mass is 10.1. The standard InChI is InChI=1S/C22H21N3O5S/c1-13-4-9-17(14(2)10-13)24-22(28)25-19(26)11-30-21(27)18-12-31-20(23-18)15-5-7-16(29-3)8-6-15/h4-10,12H,11H2,1-3H3,(H2,24,25,26,28). The van der Waals surface area contributed by atoms with Crippen LogP contribution in [-0.4, -0.2) is 36.6 Å². The lowest BCUT2D eigenvalue weighted by Crippen LogP contribution is -2.37. The summed E-state index contributed by atoms with van der Waals surface area (Å²) in [7, 11) is 1.58. The number of aryl methyl sites for hydroxylation is 2. The first-order chi connectivity index (χ1) is 14.9. The number of hydrogen-bond donors (Lipinski definition) is 2. The van der Waals surface area contributed by atoms with Gasteiger partial charge in [0.05, 0.1) is 7.11 Å². The molecular weight excluding hydrogens is 418 g/mol. The molecule has 0 aliphatic heterocycles. The van der Waals surface area contributed by atoms with Gasteiger partial charge in [0.15, 0.2) is 12.3 Å². The summed E-state index contributed by atoms with van der Waals surface area (Å²) in [6, 6.07) is 12.0. The van der Waals surface area contributed by atoms with E-state index in [4.69, 9.17) is 9.47 Å². The lowest BCUT2D eigenvalue weighted by molar-refractivity contribution is -0.123. The maximum atomic E-state index is 12.2. The second-order valence-electron chi connectivity index (χ2n) is 6.66. The van der Waals surface area contributed by atoms with E-state index in [1.807, 2.05) is 38.1 Å². The molecule has 31 heavy (non-hydrogen) atoms. The van der Waals surface area contributed by atoms with Gasteiger partial charge in [-0.2, -0.15) is 0 Å². The SMILES string of the molecule is COc1ccc(-c2nc(C(=O)OCC(=O)NC(=O)Nc3ccc(C)cc3C)cs2)cc1. The monoisotopic (exact) mass is 439 g/mol. The summed E-state index contributed by atoms with van der Waals surface area (Å²) >= 11 is 1.28. The molecule has 0 radical (unpaired) electrons. The molecule has 0 aliphatic rings. The molecule has 3 rings (SSSR count). The van der Waals surface area contributed by atoms with Gasteiger partial charge < -0.3 is 14.8 Å². The van der Waals surface area contributed by atoms with Crippen LogP contribution in [0.1, 0.15) is 21.6 Å². The van der Waals surface area contributed by atoms with E-state index >= 15 is 0 Å². The van der Waals surface area contributed by atoms with Gasteiger partial charge in [-0.1, -0.05) is 17.7 Å². The number of amides is 3. The molecule has 9 heteroatoms. The van der Waals surface area contributed by atoms with Crippen LogP contribution < -0.4 is 15.4 Å². The van der Waals surface area contributed by atoms with E-state index in [9.17, 15) is 14.4 Å². The Morgan fingerprint density at radius 1 is 1.06 bits per heavy atom. The molecule has 1 heterocycles. The Hall–Kier alpha value is -3.72. The number of hydrogen-bond acceptors (Lipinski definition) is 7. The Balaban J connectivity index is 1.50. The molecular formula is C22H21N3O5S. The third kappa shape index (κ3) is 5.89. The highest BCUT2D eigenvalue weighted by molar-refractivity contribution is 7.13. The van der Waals surface area contributed by atoms with Crippen LogP contribution in [0.15, 0.2) is 47.8 Å². The number of nitrogens with one attached hydrogen (secondary N) is 2. The molecule has 0 atom stereocenters. The normalized spacial score (nSPS) is 10.3. The summed E-state index contributed by atoms with van der Waals surface area (Å²) in [6.07, 6.45) is 0. The van der Waals surface area contributed by atoms with Crippen molar-refractivity contribution in [1.82, 2.24) is 10.3 Å². The molecule has 0 bridgehead atoms. The largest absolute Gasteiger partial charge is 0.497 e. The number of imide groups is 1. The molecule has 1 aromatic heterocycles. The van der Waals surface area contributed by atoms with Crippen LogP contribution in [0.25, 0.3) is 10.6 Å². The topological polar surface area (TPSA) is 107 Å². The highest BCUT2D eigenvalue weighted by atomic mass is 32.1. The zero-order valence-corrected chi connectivity index (χ0v) is 18.0. The number of thiazole rings is 1. The third-order valence-electron chi connectivity index (χ3n) is 4.27. The lowest BCUT2D eigenvalue weighted by Gasteiger charge is -2.10.